The van der Waals surface area contributed by atoms with Crippen molar-refractivity contribution in [2.75, 3.05) is 13.1 Å². The van der Waals surface area contributed by atoms with Crippen LogP contribution in [0.15, 0.2) is 35.7 Å². The number of rotatable bonds is 6. The maximum Gasteiger partial charge on any atom is 0.262 e. The van der Waals surface area contributed by atoms with Gasteiger partial charge < -0.3 is 5.32 Å². The first-order valence-corrected chi connectivity index (χ1v) is 10.0. The van der Waals surface area contributed by atoms with Crippen molar-refractivity contribution in [2.45, 2.75) is 20.3 Å². The molecule has 0 saturated heterocycles. The molecule has 29 heavy (non-hydrogen) atoms. The van der Waals surface area contributed by atoms with Gasteiger partial charge in [-0.3, -0.25) is 19.3 Å². The summed E-state index contributed by atoms with van der Waals surface area (Å²) >= 11 is 1.49. The third-order valence-corrected chi connectivity index (χ3v) is 5.48. The Morgan fingerprint density at radius 3 is 2.45 bits per heavy atom. The van der Waals surface area contributed by atoms with E-state index in [1.54, 1.807) is 28.9 Å². The van der Waals surface area contributed by atoms with Gasteiger partial charge in [0.1, 0.15) is 6.54 Å². The van der Waals surface area contributed by atoms with Crippen LogP contribution in [-0.4, -0.2) is 50.5 Å². The predicted molar refractivity (Wildman–Crippen MR) is 107 cm³/mol. The lowest BCUT2D eigenvalue weighted by molar-refractivity contribution is -0.121. The smallest absolute Gasteiger partial charge is 0.262 e. The van der Waals surface area contributed by atoms with E-state index in [-0.39, 0.29) is 12.5 Å². The van der Waals surface area contributed by atoms with E-state index in [4.69, 9.17) is 0 Å². The van der Waals surface area contributed by atoms with E-state index in [9.17, 15) is 14.4 Å². The highest BCUT2D eigenvalue weighted by molar-refractivity contribution is 7.12. The molecule has 3 aromatic rings. The quantitative estimate of drug-likeness (QED) is 0.627. The number of nitrogens with one attached hydrogen (secondary N) is 1. The second-order valence-electron chi connectivity index (χ2n) is 6.80. The highest BCUT2D eigenvalue weighted by Crippen LogP contribution is 2.22. The average Bonchev–Trinajstić information content (AvgIpc) is 3.36. The van der Waals surface area contributed by atoms with Gasteiger partial charge in [-0.05, 0) is 32.0 Å². The van der Waals surface area contributed by atoms with Crippen molar-refractivity contribution in [3.8, 4) is 5.13 Å². The lowest BCUT2D eigenvalue weighted by Gasteiger charge is -2.13. The van der Waals surface area contributed by atoms with E-state index in [1.165, 1.54) is 11.3 Å². The van der Waals surface area contributed by atoms with Crippen molar-refractivity contribution in [3.05, 3.63) is 63.9 Å². The van der Waals surface area contributed by atoms with Gasteiger partial charge in [-0.25, -0.2) is 9.67 Å². The number of aromatic nitrogens is 3. The highest BCUT2D eigenvalue weighted by atomic mass is 32.1. The molecule has 1 N–H and O–H groups in total. The van der Waals surface area contributed by atoms with Gasteiger partial charge >= 0.3 is 0 Å². The van der Waals surface area contributed by atoms with Gasteiger partial charge in [0, 0.05) is 24.0 Å². The van der Waals surface area contributed by atoms with Gasteiger partial charge in [-0.2, -0.15) is 5.10 Å². The van der Waals surface area contributed by atoms with Crippen LogP contribution in [0.2, 0.25) is 0 Å². The minimum atomic E-state index is -0.435. The fourth-order valence-electron chi connectivity index (χ4n) is 3.24. The maximum atomic E-state index is 12.3. The van der Waals surface area contributed by atoms with Crippen LogP contribution in [-0.2, 0) is 11.2 Å². The summed E-state index contributed by atoms with van der Waals surface area (Å²) in [5, 5.41) is 9.88. The van der Waals surface area contributed by atoms with E-state index >= 15 is 0 Å². The van der Waals surface area contributed by atoms with Gasteiger partial charge in [0.05, 0.1) is 22.5 Å². The van der Waals surface area contributed by atoms with Gasteiger partial charge in [0.2, 0.25) is 11.0 Å². The summed E-state index contributed by atoms with van der Waals surface area (Å²) in [5.41, 5.74) is 3.46. The molecule has 1 aliphatic heterocycles. The van der Waals surface area contributed by atoms with Crippen LogP contribution in [0.3, 0.4) is 0 Å². The molecule has 2 aromatic heterocycles. The summed E-state index contributed by atoms with van der Waals surface area (Å²) in [6.45, 7) is 3.98. The highest BCUT2D eigenvalue weighted by Gasteiger charge is 2.36. The van der Waals surface area contributed by atoms with E-state index in [2.05, 4.69) is 15.4 Å². The molecule has 4 rings (SSSR count). The summed E-state index contributed by atoms with van der Waals surface area (Å²) in [6, 6.07) is 8.57. The van der Waals surface area contributed by atoms with Crippen LogP contribution in [0.25, 0.3) is 5.13 Å². The van der Waals surface area contributed by atoms with Crippen LogP contribution in [0.5, 0.6) is 0 Å². The predicted octanol–water partition coefficient (Wildman–Crippen LogP) is 1.90. The SMILES string of the molecule is Cc1cc(C)n(-c2nc(CCNC(=O)CN3C(=O)c4ccccc4C3=O)cs2)n1. The van der Waals surface area contributed by atoms with Gasteiger partial charge in [0.15, 0.2) is 0 Å². The Bertz CT molecular complexity index is 1080. The van der Waals surface area contributed by atoms with Crippen molar-refractivity contribution in [3.63, 3.8) is 0 Å². The lowest BCUT2D eigenvalue weighted by atomic mass is 10.1. The van der Waals surface area contributed by atoms with Crippen molar-refractivity contribution in [2.24, 2.45) is 0 Å². The molecule has 8 nitrogen and oxygen atoms in total. The van der Waals surface area contributed by atoms with Crippen LogP contribution in [0.4, 0.5) is 0 Å². The molecule has 3 heterocycles. The fourth-order valence-corrected chi connectivity index (χ4v) is 4.11. The van der Waals surface area contributed by atoms with Gasteiger partial charge in [0.25, 0.3) is 11.8 Å². The number of fused-ring (bicyclic) bond motifs is 1. The molecule has 0 atom stereocenters. The number of thiazole rings is 1. The minimum Gasteiger partial charge on any atom is -0.354 e. The molecule has 0 unspecified atom stereocenters. The number of aryl methyl sites for hydroxylation is 2. The third kappa shape index (κ3) is 3.68. The monoisotopic (exact) mass is 409 g/mol. The second kappa shape index (κ2) is 7.59. The third-order valence-electron chi connectivity index (χ3n) is 4.61. The maximum absolute atomic E-state index is 12.3. The molecular formula is C20H19N5O3S. The number of amides is 3. The molecule has 0 spiro atoms. The molecule has 1 aromatic carbocycles. The standard InChI is InChI=1S/C20H19N5O3S/c1-12-9-13(2)25(23-12)20-22-14(11-29-20)7-8-21-17(26)10-24-18(27)15-5-3-4-6-16(15)19(24)28/h3-6,9,11H,7-8,10H2,1-2H3,(H,21,26). The molecule has 9 heteroatoms. The Labute approximate surface area is 171 Å². The Kier molecular flexibility index (Phi) is 4.98. The molecule has 3 amide bonds. The molecule has 0 bridgehead atoms. The fraction of sp³-hybridized carbons (Fsp3) is 0.250. The molecule has 0 fully saturated rings. The van der Waals surface area contributed by atoms with Crippen LogP contribution < -0.4 is 5.32 Å². The summed E-state index contributed by atoms with van der Waals surface area (Å²) < 4.78 is 1.80. The zero-order valence-corrected chi connectivity index (χ0v) is 16.8. The van der Waals surface area contributed by atoms with Gasteiger partial charge in [-0.1, -0.05) is 12.1 Å². The summed E-state index contributed by atoms with van der Waals surface area (Å²) in [7, 11) is 0. The van der Waals surface area contributed by atoms with Crippen molar-refractivity contribution in [1.29, 1.82) is 0 Å². The molecule has 0 saturated carbocycles. The zero-order valence-electron chi connectivity index (χ0n) is 16.0. The number of hydrogen-bond donors (Lipinski definition) is 1. The first kappa shape index (κ1) is 19.0. The summed E-state index contributed by atoms with van der Waals surface area (Å²) in [4.78, 5) is 42.4. The van der Waals surface area contributed by atoms with E-state index in [1.807, 2.05) is 25.3 Å². The minimum absolute atomic E-state index is 0.291. The van der Waals surface area contributed by atoms with E-state index < -0.39 is 11.8 Å². The number of imide groups is 1. The lowest BCUT2D eigenvalue weighted by Crippen LogP contribution is -2.40. The number of carbonyl (C=O) groups excluding carboxylic acids is 3. The zero-order chi connectivity index (χ0) is 20.5. The Balaban J connectivity index is 1.31. The van der Waals surface area contributed by atoms with Gasteiger partial charge in [-0.15, -0.1) is 11.3 Å². The average molecular weight is 409 g/mol. The summed E-state index contributed by atoms with van der Waals surface area (Å²) in [6.07, 6.45) is 0.545. The normalized spacial score (nSPS) is 13.1. The van der Waals surface area contributed by atoms with E-state index in [0.29, 0.717) is 24.1 Å². The first-order valence-electron chi connectivity index (χ1n) is 9.14. The molecule has 148 valence electrons. The largest absolute Gasteiger partial charge is 0.354 e. The van der Waals surface area contributed by atoms with Crippen LogP contribution in [0, 0.1) is 13.8 Å². The summed E-state index contributed by atoms with van der Waals surface area (Å²) in [5.74, 6) is -1.25. The molecule has 0 radical (unpaired) electrons. The van der Waals surface area contributed by atoms with Crippen LogP contribution in [0.1, 0.15) is 37.8 Å². The molecule has 0 aliphatic carbocycles. The van der Waals surface area contributed by atoms with Crippen molar-refractivity contribution >= 4 is 29.1 Å². The molecular weight excluding hydrogens is 390 g/mol. The van der Waals surface area contributed by atoms with Crippen molar-refractivity contribution < 1.29 is 14.4 Å². The number of benzene rings is 1. The number of nitrogens with zero attached hydrogens (tertiary/aromatic N) is 4. The number of carbonyl (C=O) groups is 3. The topological polar surface area (TPSA) is 97.2 Å². The Hall–Kier alpha value is -3.33. The number of hydrogen-bond acceptors (Lipinski definition) is 6. The van der Waals surface area contributed by atoms with Crippen LogP contribution >= 0.6 is 11.3 Å². The van der Waals surface area contributed by atoms with E-state index in [0.717, 1.165) is 27.1 Å². The second-order valence-corrected chi connectivity index (χ2v) is 7.64. The van der Waals surface area contributed by atoms with Crippen molar-refractivity contribution in [1.82, 2.24) is 25.0 Å². The Morgan fingerprint density at radius 2 is 1.83 bits per heavy atom. The first-order chi connectivity index (χ1) is 13.9. The molecule has 1 aliphatic rings. The Morgan fingerprint density at radius 1 is 1.14 bits per heavy atom.